The molecule has 1 aromatic heterocycles. The zero-order valence-corrected chi connectivity index (χ0v) is 22.5. The highest BCUT2D eigenvalue weighted by molar-refractivity contribution is 5.99. The fourth-order valence-electron chi connectivity index (χ4n) is 4.97. The maximum Gasteiger partial charge on any atom is 0.255 e. The molecule has 2 aromatic carbocycles. The van der Waals surface area contributed by atoms with Crippen molar-refractivity contribution in [3.8, 4) is 17.3 Å². The van der Waals surface area contributed by atoms with Crippen LogP contribution in [0.1, 0.15) is 53.6 Å². The second kappa shape index (κ2) is 14.2. The number of amides is 2. The lowest BCUT2D eigenvalue weighted by Crippen LogP contribution is -2.42. The molecule has 1 atom stereocenters. The average molecular weight is 543 g/mol. The van der Waals surface area contributed by atoms with E-state index >= 15 is 0 Å². The zero-order chi connectivity index (χ0) is 28.3. The van der Waals surface area contributed by atoms with Gasteiger partial charge in [-0.15, -0.1) is 0 Å². The van der Waals surface area contributed by atoms with Gasteiger partial charge in [0, 0.05) is 37.7 Å². The second-order valence-electron chi connectivity index (χ2n) is 9.90. The third-order valence-electron chi connectivity index (χ3n) is 7.11. The average Bonchev–Trinajstić information content (AvgIpc) is 3.32. The van der Waals surface area contributed by atoms with E-state index in [2.05, 4.69) is 16.7 Å². The third-order valence-corrected chi connectivity index (χ3v) is 7.11. The number of nitrogens with zero attached hydrogens (tertiary/aromatic N) is 3. The van der Waals surface area contributed by atoms with Crippen molar-refractivity contribution in [2.75, 3.05) is 31.5 Å². The Morgan fingerprint density at radius 1 is 1.12 bits per heavy atom. The standard InChI is InChI=1S/C31H35FN6O2/c32-24-9-6-7-22(19-24)15-17-35-30-27(12-13-28(37-30)26-10-3-2-8-23(26)20-34)31(40)36-21-25-11-14-29(39)38(25)18-5-1-4-16-33/h2-3,6-10,12-13,19,25H,1,4-5,11,14-18,21,33H2,(H,35,37)(H,36,40)/t25-/m1/s1. The summed E-state index contributed by atoms with van der Waals surface area (Å²) in [6.45, 7) is 2.08. The number of hydrogen-bond acceptors (Lipinski definition) is 6. The number of carbonyl (C=O) groups is 2. The minimum absolute atomic E-state index is 0.0477. The molecule has 9 heteroatoms. The Morgan fingerprint density at radius 3 is 2.77 bits per heavy atom. The minimum Gasteiger partial charge on any atom is -0.369 e. The van der Waals surface area contributed by atoms with Crippen LogP contribution < -0.4 is 16.4 Å². The highest BCUT2D eigenvalue weighted by atomic mass is 19.1. The molecular formula is C31H35FN6O2. The van der Waals surface area contributed by atoms with E-state index in [0.29, 0.717) is 73.6 Å². The molecule has 4 N–H and O–H groups in total. The summed E-state index contributed by atoms with van der Waals surface area (Å²) in [5, 5.41) is 15.8. The number of benzene rings is 2. The lowest BCUT2D eigenvalue weighted by molar-refractivity contribution is -0.129. The largest absolute Gasteiger partial charge is 0.369 e. The molecule has 1 fully saturated rings. The summed E-state index contributed by atoms with van der Waals surface area (Å²) in [4.78, 5) is 32.4. The van der Waals surface area contributed by atoms with Gasteiger partial charge < -0.3 is 21.3 Å². The van der Waals surface area contributed by atoms with Crippen LogP contribution in [0.15, 0.2) is 60.7 Å². The molecule has 0 unspecified atom stereocenters. The fourth-order valence-corrected chi connectivity index (χ4v) is 4.97. The molecule has 40 heavy (non-hydrogen) atoms. The Balaban J connectivity index is 1.49. The maximum absolute atomic E-state index is 13.6. The molecule has 1 aliphatic heterocycles. The molecule has 0 aliphatic carbocycles. The zero-order valence-electron chi connectivity index (χ0n) is 22.5. The van der Waals surface area contributed by atoms with Gasteiger partial charge in [0.2, 0.25) is 5.91 Å². The summed E-state index contributed by atoms with van der Waals surface area (Å²) in [5.41, 5.74) is 8.47. The molecule has 208 valence electrons. The summed E-state index contributed by atoms with van der Waals surface area (Å²) in [6.07, 6.45) is 4.51. The number of nitriles is 1. The quantitative estimate of drug-likeness (QED) is 0.277. The maximum atomic E-state index is 13.6. The molecule has 0 saturated carbocycles. The number of unbranched alkanes of at least 4 members (excludes halogenated alkanes) is 2. The first-order valence-electron chi connectivity index (χ1n) is 13.8. The first-order chi connectivity index (χ1) is 19.5. The van der Waals surface area contributed by atoms with E-state index in [-0.39, 0.29) is 23.7 Å². The van der Waals surface area contributed by atoms with Crippen molar-refractivity contribution in [3.63, 3.8) is 0 Å². The first-order valence-corrected chi connectivity index (χ1v) is 13.8. The van der Waals surface area contributed by atoms with E-state index in [9.17, 15) is 19.2 Å². The van der Waals surface area contributed by atoms with Crippen LogP contribution in [0.3, 0.4) is 0 Å². The Labute approximate surface area is 234 Å². The summed E-state index contributed by atoms with van der Waals surface area (Å²) >= 11 is 0. The lowest BCUT2D eigenvalue weighted by atomic mass is 10.0. The fraction of sp³-hybridized carbons (Fsp3) is 0.355. The number of nitrogens with two attached hydrogens (primary N) is 1. The molecule has 0 bridgehead atoms. The van der Waals surface area contributed by atoms with Crippen LogP contribution in [-0.2, 0) is 11.2 Å². The van der Waals surface area contributed by atoms with E-state index in [1.165, 1.54) is 12.1 Å². The van der Waals surface area contributed by atoms with Gasteiger partial charge in [-0.1, -0.05) is 36.8 Å². The number of anilines is 1. The van der Waals surface area contributed by atoms with E-state index in [0.717, 1.165) is 24.8 Å². The SMILES string of the molecule is N#Cc1ccccc1-c1ccc(C(=O)NC[C@H]2CCC(=O)N2CCCCCN)c(NCCc2cccc(F)c2)n1. The van der Waals surface area contributed by atoms with Gasteiger partial charge in [0.1, 0.15) is 11.6 Å². The molecule has 3 aromatic rings. The van der Waals surface area contributed by atoms with Gasteiger partial charge >= 0.3 is 0 Å². The predicted molar refractivity (Wildman–Crippen MR) is 153 cm³/mol. The summed E-state index contributed by atoms with van der Waals surface area (Å²) in [5.74, 6) is -0.109. The van der Waals surface area contributed by atoms with E-state index < -0.39 is 0 Å². The molecule has 0 spiro atoms. The highest BCUT2D eigenvalue weighted by Crippen LogP contribution is 2.25. The highest BCUT2D eigenvalue weighted by Gasteiger charge is 2.30. The molecule has 2 amide bonds. The van der Waals surface area contributed by atoms with Crippen molar-refractivity contribution in [1.82, 2.24) is 15.2 Å². The monoisotopic (exact) mass is 542 g/mol. The van der Waals surface area contributed by atoms with Crippen LogP contribution >= 0.6 is 0 Å². The molecule has 2 heterocycles. The molecular weight excluding hydrogens is 507 g/mol. The Hall–Kier alpha value is -4.29. The number of halogens is 1. The molecule has 8 nitrogen and oxygen atoms in total. The first kappa shape index (κ1) is 28.7. The van der Waals surface area contributed by atoms with E-state index in [4.69, 9.17) is 10.7 Å². The van der Waals surface area contributed by atoms with Gasteiger partial charge in [-0.05, 0) is 68.1 Å². The summed E-state index contributed by atoms with van der Waals surface area (Å²) in [6, 6.07) is 19.1. The number of rotatable bonds is 13. The van der Waals surface area contributed by atoms with Gasteiger partial charge in [0.05, 0.1) is 22.9 Å². The van der Waals surface area contributed by atoms with Crippen molar-refractivity contribution in [1.29, 1.82) is 5.26 Å². The van der Waals surface area contributed by atoms with Crippen molar-refractivity contribution in [2.45, 2.75) is 44.6 Å². The van der Waals surface area contributed by atoms with Crippen LogP contribution in [0.5, 0.6) is 0 Å². The predicted octanol–water partition coefficient (Wildman–Crippen LogP) is 4.26. The topological polar surface area (TPSA) is 124 Å². The molecule has 1 aliphatic rings. The number of aromatic nitrogens is 1. The second-order valence-corrected chi connectivity index (χ2v) is 9.90. The van der Waals surface area contributed by atoms with Crippen molar-refractivity contribution in [2.24, 2.45) is 5.73 Å². The summed E-state index contributed by atoms with van der Waals surface area (Å²) in [7, 11) is 0. The molecule has 1 saturated heterocycles. The number of hydrogen-bond donors (Lipinski definition) is 3. The number of nitrogens with one attached hydrogen (secondary N) is 2. The molecule has 0 radical (unpaired) electrons. The Morgan fingerprint density at radius 2 is 1.98 bits per heavy atom. The minimum atomic E-state index is -0.302. The third kappa shape index (κ3) is 7.42. The van der Waals surface area contributed by atoms with Crippen LogP contribution in [0.4, 0.5) is 10.2 Å². The van der Waals surface area contributed by atoms with Crippen molar-refractivity contribution in [3.05, 3.63) is 83.2 Å². The number of pyridine rings is 1. The smallest absolute Gasteiger partial charge is 0.255 e. The van der Waals surface area contributed by atoms with Crippen LogP contribution in [0.25, 0.3) is 11.3 Å². The van der Waals surface area contributed by atoms with E-state index in [1.54, 1.807) is 30.3 Å². The van der Waals surface area contributed by atoms with Gasteiger partial charge in [-0.3, -0.25) is 9.59 Å². The summed E-state index contributed by atoms with van der Waals surface area (Å²) < 4.78 is 13.6. The Kier molecular flexibility index (Phi) is 10.2. The number of likely N-dealkylation sites (tertiary alicyclic amines) is 1. The van der Waals surface area contributed by atoms with Crippen molar-refractivity contribution >= 4 is 17.6 Å². The van der Waals surface area contributed by atoms with Crippen molar-refractivity contribution < 1.29 is 14.0 Å². The van der Waals surface area contributed by atoms with Gasteiger partial charge in [-0.25, -0.2) is 9.37 Å². The van der Waals surface area contributed by atoms with Crippen LogP contribution in [0.2, 0.25) is 0 Å². The Bertz CT molecular complexity index is 1370. The normalized spacial score (nSPS) is 14.7. The van der Waals surface area contributed by atoms with Gasteiger partial charge in [0.15, 0.2) is 0 Å². The van der Waals surface area contributed by atoms with Crippen LogP contribution in [0, 0.1) is 17.1 Å². The van der Waals surface area contributed by atoms with Gasteiger partial charge in [0.25, 0.3) is 5.91 Å². The van der Waals surface area contributed by atoms with Gasteiger partial charge in [-0.2, -0.15) is 5.26 Å². The lowest BCUT2D eigenvalue weighted by Gasteiger charge is -2.25. The molecule has 4 rings (SSSR count). The van der Waals surface area contributed by atoms with Crippen LogP contribution in [-0.4, -0.2) is 53.9 Å². The van der Waals surface area contributed by atoms with E-state index in [1.807, 2.05) is 23.1 Å². The number of carbonyl (C=O) groups excluding carboxylic acids is 2.